The summed E-state index contributed by atoms with van der Waals surface area (Å²) in [5.41, 5.74) is -2.35. The molecule has 1 saturated carbocycles. The Morgan fingerprint density at radius 2 is 1.94 bits per heavy atom. The van der Waals surface area contributed by atoms with E-state index in [4.69, 9.17) is 16.3 Å². The van der Waals surface area contributed by atoms with E-state index in [0.717, 1.165) is 25.0 Å². The molecule has 1 amide bonds. The van der Waals surface area contributed by atoms with Crippen LogP contribution in [0.4, 0.5) is 27.6 Å². The van der Waals surface area contributed by atoms with Crippen molar-refractivity contribution in [2.75, 3.05) is 5.32 Å². The molecule has 0 aliphatic heterocycles. The molecule has 0 unspecified atom stereocenters. The van der Waals surface area contributed by atoms with E-state index < -0.39 is 58.2 Å². The summed E-state index contributed by atoms with van der Waals surface area (Å²) < 4.78 is 75.4. The zero-order valence-electron chi connectivity index (χ0n) is 17.4. The van der Waals surface area contributed by atoms with Crippen LogP contribution in [0.25, 0.3) is 5.69 Å². The van der Waals surface area contributed by atoms with Gasteiger partial charge in [0.05, 0.1) is 16.3 Å². The normalized spacial score (nSPS) is 14.7. The third-order valence-electron chi connectivity index (χ3n) is 5.12. The second-order valence-corrected chi connectivity index (χ2v) is 8.02. The Balaban J connectivity index is 1.78. The first-order valence-electron chi connectivity index (χ1n) is 9.96. The molecule has 1 fully saturated rings. The summed E-state index contributed by atoms with van der Waals surface area (Å²) in [5, 5.41) is 5.75. The molecule has 0 bridgehead atoms. The van der Waals surface area contributed by atoms with Gasteiger partial charge in [-0.1, -0.05) is 17.7 Å². The molecular formula is C21H16ClF5N4O3. The zero-order chi connectivity index (χ0) is 24.8. The number of anilines is 1. The van der Waals surface area contributed by atoms with Gasteiger partial charge in [0.25, 0.3) is 5.91 Å². The Bertz CT molecular complexity index is 1300. The van der Waals surface area contributed by atoms with Crippen molar-refractivity contribution in [3.8, 4) is 11.4 Å². The van der Waals surface area contributed by atoms with E-state index in [0.29, 0.717) is 17.7 Å². The summed E-state index contributed by atoms with van der Waals surface area (Å²) in [6, 6.07) is 4.81. The van der Waals surface area contributed by atoms with E-state index in [1.807, 2.05) is 0 Å². The Kier molecular flexibility index (Phi) is 6.11. The van der Waals surface area contributed by atoms with Crippen LogP contribution in [0.3, 0.4) is 0 Å². The van der Waals surface area contributed by atoms with Gasteiger partial charge in [0, 0.05) is 12.1 Å². The van der Waals surface area contributed by atoms with Gasteiger partial charge in [0.2, 0.25) is 0 Å². The Morgan fingerprint density at radius 1 is 1.24 bits per heavy atom. The van der Waals surface area contributed by atoms with Gasteiger partial charge in [-0.2, -0.15) is 23.0 Å². The second kappa shape index (κ2) is 8.75. The number of rotatable bonds is 6. The number of hydrogen-bond acceptors (Lipinski definition) is 4. The van der Waals surface area contributed by atoms with Gasteiger partial charge < -0.3 is 10.1 Å². The average molecular weight is 503 g/mol. The molecule has 1 aliphatic rings. The third kappa shape index (κ3) is 4.63. The largest absolute Gasteiger partial charge is 0.480 e. The summed E-state index contributed by atoms with van der Waals surface area (Å²) in [6.07, 6.45) is -4.54. The van der Waals surface area contributed by atoms with Gasteiger partial charge in [-0.15, -0.1) is 0 Å². The number of carbonyl (C=O) groups is 1. The van der Waals surface area contributed by atoms with Gasteiger partial charge in [-0.3, -0.25) is 9.36 Å². The summed E-state index contributed by atoms with van der Waals surface area (Å²) >= 11 is 5.87. The zero-order valence-corrected chi connectivity index (χ0v) is 18.1. The number of benzene rings is 2. The predicted molar refractivity (Wildman–Crippen MR) is 112 cm³/mol. The molecule has 3 aromatic rings. The monoisotopic (exact) mass is 502 g/mol. The smallest absolute Gasteiger partial charge is 0.425 e. The fourth-order valence-electron chi connectivity index (χ4n) is 3.12. The van der Waals surface area contributed by atoms with Gasteiger partial charge in [0.15, 0.2) is 6.10 Å². The van der Waals surface area contributed by atoms with E-state index in [1.54, 1.807) is 0 Å². The second-order valence-electron chi connectivity index (χ2n) is 7.62. The third-order valence-corrected chi connectivity index (χ3v) is 5.44. The minimum atomic E-state index is -4.82. The lowest BCUT2D eigenvalue weighted by molar-refractivity contribution is -0.189. The fraction of sp³-hybridized carbons (Fsp3) is 0.286. The Labute approximate surface area is 193 Å². The van der Waals surface area contributed by atoms with Crippen molar-refractivity contribution in [2.45, 2.75) is 38.1 Å². The standard InChI is InChI=1S/C21H16ClF5N4O3/c1-10(21(25,26)27)34-17-8-16(31-20(33)30(9-28-31)11-5-6-11)15(24)7-12(17)19(32)29-18-13(22)3-2-4-14(18)23/h2-4,7-11H,5-6H2,1H3,(H,29,32)/t10-/m0/s1. The maximum atomic E-state index is 15.0. The van der Waals surface area contributed by atoms with Crippen LogP contribution in [0, 0.1) is 11.6 Å². The molecule has 1 atom stereocenters. The number of para-hydroxylation sites is 1. The molecule has 0 radical (unpaired) electrons. The van der Waals surface area contributed by atoms with Gasteiger partial charge >= 0.3 is 11.9 Å². The maximum absolute atomic E-state index is 15.0. The van der Waals surface area contributed by atoms with E-state index in [-0.39, 0.29) is 11.1 Å². The molecule has 180 valence electrons. The van der Waals surface area contributed by atoms with Crippen LogP contribution in [0.2, 0.25) is 5.02 Å². The number of hydrogen-bond donors (Lipinski definition) is 1. The lowest BCUT2D eigenvalue weighted by atomic mass is 10.1. The first kappa shape index (κ1) is 23.7. The molecule has 1 aromatic heterocycles. The molecule has 7 nitrogen and oxygen atoms in total. The van der Waals surface area contributed by atoms with Crippen molar-refractivity contribution in [2.24, 2.45) is 0 Å². The quantitative estimate of drug-likeness (QED) is 0.487. The maximum Gasteiger partial charge on any atom is 0.425 e. The number of alkyl halides is 3. The minimum Gasteiger partial charge on any atom is -0.480 e. The molecular weight excluding hydrogens is 487 g/mol. The molecule has 34 heavy (non-hydrogen) atoms. The number of nitrogens with one attached hydrogen (secondary N) is 1. The summed E-state index contributed by atoms with van der Waals surface area (Å²) in [4.78, 5) is 25.4. The number of aromatic nitrogens is 3. The highest BCUT2D eigenvalue weighted by Gasteiger charge is 2.39. The van der Waals surface area contributed by atoms with Crippen LogP contribution in [-0.2, 0) is 0 Å². The molecule has 1 N–H and O–H groups in total. The van der Waals surface area contributed by atoms with E-state index in [1.165, 1.54) is 23.0 Å². The average Bonchev–Trinajstić information content (AvgIpc) is 3.53. The number of ether oxygens (including phenoxy) is 1. The van der Waals surface area contributed by atoms with E-state index in [2.05, 4.69) is 10.4 Å². The van der Waals surface area contributed by atoms with Gasteiger partial charge in [-0.05, 0) is 38.0 Å². The number of halogens is 6. The number of carbonyl (C=O) groups excluding carboxylic acids is 1. The molecule has 13 heteroatoms. The lowest BCUT2D eigenvalue weighted by Gasteiger charge is -2.20. The molecule has 0 spiro atoms. The summed E-state index contributed by atoms with van der Waals surface area (Å²) in [5.74, 6) is -3.93. The SMILES string of the molecule is C[C@H](Oc1cc(-n2ncn(C3CC3)c2=O)c(F)cc1C(=O)Nc1c(F)cccc1Cl)C(F)(F)F. The van der Waals surface area contributed by atoms with Crippen molar-refractivity contribution >= 4 is 23.2 Å². The highest BCUT2D eigenvalue weighted by Crippen LogP contribution is 2.34. The highest BCUT2D eigenvalue weighted by atomic mass is 35.5. The lowest BCUT2D eigenvalue weighted by Crippen LogP contribution is -2.32. The van der Waals surface area contributed by atoms with Crippen molar-refractivity contribution in [1.29, 1.82) is 0 Å². The molecule has 1 aliphatic carbocycles. The van der Waals surface area contributed by atoms with E-state index in [9.17, 15) is 31.5 Å². The molecule has 4 rings (SSSR count). The first-order chi connectivity index (χ1) is 16.0. The fourth-order valence-corrected chi connectivity index (χ4v) is 3.33. The van der Waals surface area contributed by atoms with Crippen LogP contribution in [0.5, 0.6) is 5.75 Å². The molecule has 1 heterocycles. The van der Waals surface area contributed by atoms with Crippen molar-refractivity contribution in [3.63, 3.8) is 0 Å². The topological polar surface area (TPSA) is 78.2 Å². The van der Waals surface area contributed by atoms with Crippen LogP contribution in [0.1, 0.15) is 36.2 Å². The summed E-state index contributed by atoms with van der Waals surface area (Å²) in [6.45, 7) is 0.687. The summed E-state index contributed by atoms with van der Waals surface area (Å²) in [7, 11) is 0. The van der Waals surface area contributed by atoms with Crippen LogP contribution in [-0.4, -0.2) is 32.5 Å². The first-order valence-corrected chi connectivity index (χ1v) is 10.3. The van der Waals surface area contributed by atoms with Gasteiger partial charge in [-0.25, -0.2) is 13.6 Å². The van der Waals surface area contributed by atoms with Crippen molar-refractivity contribution < 1.29 is 31.5 Å². The predicted octanol–water partition coefficient (Wildman–Crippen LogP) is 4.88. The molecule has 0 saturated heterocycles. The minimum absolute atomic E-state index is 0.0825. The number of nitrogens with zero attached hydrogens (tertiary/aromatic N) is 3. The Hall–Kier alpha value is -3.41. The van der Waals surface area contributed by atoms with E-state index >= 15 is 0 Å². The van der Waals surface area contributed by atoms with Crippen molar-refractivity contribution in [1.82, 2.24) is 14.3 Å². The Morgan fingerprint density at radius 3 is 2.56 bits per heavy atom. The van der Waals surface area contributed by atoms with Crippen LogP contribution < -0.4 is 15.7 Å². The highest BCUT2D eigenvalue weighted by molar-refractivity contribution is 6.34. The molecule has 2 aromatic carbocycles. The van der Waals surface area contributed by atoms with Crippen molar-refractivity contribution in [3.05, 3.63) is 69.4 Å². The number of amides is 1. The van der Waals surface area contributed by atoms with Gasteiger partial charge in [0.1, 0.15) is 29.4 Å². The van der Waals surface area contributed by atoms with Crippen LogP contribution >= 0.6 is 11.6 Å². The van der Waals surface area contributed by atoms with Crippen LogP contribution in [0.15, 0.2) is 41.5 Å².